The van der Waals surface area contributed by atoms with Gasteiger partial charge < -0.3 is 10.5 Å². The van der Waals surface area contributed by atoms with Crippen LogP contribution in [0.3, 0.4) is 0 Å². The van der Waals surface area contributed by atoms with Crippen LogP contribution >= 0.6 is 11.3 Å². The Bertz CT molecular complexity index is 484. The third kappa shape index (κ3) is 3.32. The fraction of sp³-hybridized carbons (Fsp3) is 0.286. The molecule has 0 bridgehead atoms. The highest BCUT2D eigenvalue weighted by Gasteiger charge is 2.01. The molecule has 0 aliphatic heterocycles. The van der Waals surface area contributed by atoms with Crippen molar-refractivity contribution >= 4 is 11.3 Å². The average Bonchev–Trinajstić information content (AvgIpc) is 2.73. The van der Waals surface area contributed by atoms with Crippen molar-refractivity contribution in [3.05, 3.63) is 51.2 Å². The van der Waals surface area contributed by atoms with E-state index in [1.165, 1.54) is 20.9 Å². The lowest BCUT2D eigenvalue weighted by Gasteiger charge is -2.06. The van der Waals surface area contributed by atoms with E-state index in [2.05, 4.69) is 44.2 Å². The van der Waals surface area contributed by atoms with Gasteiger partial charge in [-0.05, 0) is 49.2 Å². The maximum Gasteiger partial charge on any atom is 0.122 e. The van der Waals surface area contributed by atoms with Crippen LogP contribution in [0.15, 0.2) is 30.3 Å². The van der Waals surface area contributed by atoms with Crippen LogP contribution in [0.2, 0.25) is 0 Å². The maximum atomic E-state index is 5.78. The first-order valence-corrected chi connectivity index (χ1v) is 6.48. The average molecular weight is 247 g/mol. The minimum absolute atomic E-state index is 0.605. The molecular weight excluding hydrogens is 230 g/mol. The van der Waals surface area contributed by atoms with Crippen LogP contribution in [-0.2, 0) is 13.2 Å². The molecule has 0 radical (unpaired) electrons. The first-order chi connectivity index (χ1) is 8.17. The molecule has 1 heterocycles. The number of nitrogens with two attached hydrogens (primary N) is 1. The monoisotopic (exact) mass is 247 g/mol. The van der Waals surface area contributed by atoms with Gasteiger partial charge in [-0.2, -0.15) is 0 Å². The van der Waals surface area contributed by atoms with Crippen molar-refractivity contribution < 1.29 is 4.74 Å². The van der Waals surface area contributed by atoms with E-state index in [0.29, 0.717) is 13.2 Å². The Morgan fingerprint density at radius 1 is 1.06 bits per heavy atom. The quantitative estimate of drug-likeness (QED) is 0.898. The van der Waals surface area contributed by atoms with E-state index in [4.69, 9.17) is 10.5 Å². The Balaban J connectivity index is 2.01. The van der Waals surface area contributed by atoms with Crippen LogP contribution in [0.25, 0.3) is 0 Å². The molecule has 17 heavy (non-hydrogen) atoms. The Hall–Kier alpha value is -1.32. The summed E-state index contributed by atoms with van der Waals surface area (Å²) in [6.07, 6.45) is 0. The molecule has 2 nitrogen and oxygen atoms in total. The van der Waals surface area contributed by atoms with Gasteiger partial charge in [-0.3, -0.25) is 0 Å². The van der Waals surface area contributed by atoms with Gasteiger partial charge in [-0.25, -0.2) is 0 Å². The largest absolute Gasteiger partial charge is 0.488 e. The van der Waals surface area contributed by atoms with Gasteiger partial charge in [-0.15, -0.1) is 11.3 Å². The third-order valence-corrected chi connectivity index (χ3v) is 3.58. The molecule has 2 aromatic rings. The first kappa shape index (κ1) is 12.1. The van der Waals surface area contributed by atoms with Crippen molar-refractivity contribution in [2.45, 2.75) is 27.0 Å². The molecule has 0 atom stereocenters. The van der Waals surface area contributed by atoms with Crippen molar-refractivity contribution in [2.24, 2.45) is 5.73 Å². The van der Waals surface area contributed by atoms with Crippen LogP contribution in [0.4, 0.5) is 0 Å². The molecule has 0 amide bonds. The zero-order valence-electron chi connectivity index (χ0n) is 10.2. The van der Waals surface area contributed by atoms with Crippen LogP contribution in [-0.4, -0.2) is 0 Å². The van der Waals surface area contributed by atoms with E-state index in [0.717, 1.165) is 5.75 Å². The minimum Gasteiger partial charge on any atom is -0.488 e. The maximum absolute atomic E-state index is 5.78. The van der Waals surface area contributed by atoms with Crippen LogP contribution in [0.5, 0.6) is 5.75 Å². The normalized spacial score (nSPS) is 10.5. The van der Waals surface area contributed by atoms with Crippen LogP contribution in [0.1, 0.15) is 20.9 Å². The summed E-state index contributed by atoms with van der Waals surface area (Å²) in [6, 6.07) is 10.4. The number of hydrogen-bond donors (Lipinski definition) is 1. The van der Waals surface area contributed by atoms with Gasteiger partial charge in [-0.1, -0.05) is 6.07 Å². The number of ether oxygens (including phenoxy) is 1. The molecule has 2 N–H and O–H groups in total. The zero-order valence-corrected chi connectivity index (χ0v) is 11.0. The van der Waals surface area contributed by atoms with Crippen molar-refractivity contribution in [3.8, 4) is 5.75 Å². The highest BCUT2D eigenvalue weighted by molar-refractivity contribution is 7.11. The second kappa shape index (κ2) is 5.34. The number of rotatable bonds is 4. The van der Waals surface area contributed by atoms with Gasteiger partial charge in [0.25, 0.3) is 0 Å². The molecular formula is C14H17NOS. The summed E-state index contributed by atoms with van der Waals surface area (Å²) in [5, 5.41) is 0. The highest BCUT2D eigenvalue weighted by Crippen LogP contribution is 2.20. The topological polar surface area (TPSA) is 35.2 Å². The third-order valence-electron chi connectivity index (χ3n) is 2.49. The summed E-state index contributed by atoms with van der Waals surface area (Å²) in [4.78, 5) is 2.41. The van der Waals surface area contributed by atoms with Crippen LogP contribution in [0, 0.1) is 13.8 Å². The summed E-state index contributed by atoms with van der Waals surface area (Å²) in [7, 11) is 0. The van der Waals surface area contributed by atoms with Crippen molar-refractivity contribution in [1.29, 1.82) is 0 Å². The minimum atomic E-state index is 0.605. The fourth-order valence-corrected chi connectivity index (χ4v) is 2.59. The van der Waals surface area contributed by atoms with Gasteiger partial charge in [0.15, 0.2) is 0 Å². The molecule has 0 aliphatic carbocycles. The molecule has 3 heteroatoms. The van der Waals surface area contributed by atoms with Crippen LogP contribution < -0.4 is 10.5 Å². The summed E-state index contributed by atoms with van der Waals surface area (Å²) in [5.41, 5.74) is 8.04. The molecule has 1 aromatic heterocycles. The van der Waals surface area contributed by atoms with E-state index in [1.807, 2.05) is 0 Å². The Morgan fingerprint density at radius 2 is 1.71 bits per heavy atom. The lowest BCUT2D eigenvalue weighted by molar-refractivity contribution is 0.309. The second-order valence-corrected chi connectivity index (χ2v) is 5.44. The number of aryl methyl sites for hydroxylation is 2. The fourth-order valence-electron chi connectivity index (χ4n) is 1.78. The number of thiophene rings is 1. The van der Waals surface area contributed by atoms with Gasteiger partial charge in [0.1, 0.15) is 12.4 Å². The van der Waals surface area contributed by atoms with Crippen molar-refractivity contribution in [1.82, 2.24) is 0 Å². The molecule has 90 valence electrons. The van der Waals surface area contributed by atoms with E-state index in [-0.39, 0.29) is 0 Å². The van der Waals surface area contributed by atoms with Gasteiger partial charge in [0.05, 0.1) is 0 Å². The first-order valence-electron chi connectivity index (χ1n) is 5.66. The lowest BCUT2D eigenvalue weighted by Crippen LogP contribution is -1.94. The van der Waals surface area contributed by atoms with E-state index < -0.39 is 0 Å². The molecule has 2 rings (SSSR count). The summed E-state index contributed by atoms with van der Waals surface area (Å²) >= 11 is 1.71. The van der Waals surface area contributed by atoms with Gasteiger partial charge in [0, 0.05) is 16.3 Å². The standard InChI is InChI=1S/C14H17NOS/c1-10-5-11(2)7-12(6-10)16-9-14-4-3-13(8-15)17-14/h3-7H,8-9,15H2,1-2H3. The Labute approximate surface area is 106 Å². The Kier molecular flexibility index (Phi) is 3.82. The number of hydrogen-bond acceptors (Lipinski definition) is 3. The van der Waals surface area contributed by atoms with Crippen molar-refractivity contribution in [2.75, 3.05) is 0 Å². The zero-order chi connectivity index (χ0) is 12.3. The molecule has 0 unspecified atom stereocenters. The van der Waals surface area contributed by atoms with Gasteiger partial charge in [0.2, 0.25) is 0 Å². The molecule has 0 saturated heterocycles. The van der Waals surface area contributed by atoms with Gasteiger partial charge >= 0.3 is 0 Å². The summed E-state index contributed by atoms with van der Waals surface area (Å²) in [5.74, 6) is 0.935. The summed E-state index contributed by atoms with van der Waals surface area (Å²) in [6.45, 7) is 5.39. The SMILES string of the molecule is Cc1cc(C)cc(OCc2ccc(CN)s2)c1. The second-order valence-electron chi connectivity index (χ2n) is 4.18. The molecule has 1 aromatic carbocycles. The highest BCUT2D eigenvalue weighted by atomic mass is 32.1. The predicted octanol–water partition coefficient (Wildman–Crippen LogP) is 3.40. The molecule has 0 spiro atoms. The molecule has 0 aliphatic rings. The van der Waals surface area contributed by atoms with E-state index in [1.54, 1.807) is 11.3 Å². The molecule has 0 fully saturated rings. The molecule has 0 saturated carbocycles. The summed E-state index contributed by atoms with van der Waals surface area (Å²) < 4.78 is 5.78. The predicted molar refractivity (Wildman–Crippen MR) is 72.5 cm³/mol. The number of benzene rings is 1. The van der Waals surface area contributed by atoms with E-state index >= 15 is 0 Å². The Morgan fingerprint density at radius 3 is 2.29 bits per heavy atom. The smallest absolute Gasteiger partial charge is 0.122 e. The lowest BCUT2D eigenvalue weighted by atomic mass is 10.1. The van der Waals surface area contributed by atoms with Crippen molar-refractivity contribution in [3.63, 3.8) is 0 Å². The van der Waals surface area contributed by atoms with E-state index in [9.17, 15) is 0 Å².